The number of carbonyl (C=O) groups is 1. The summed E-state index contributed by atoms with van der Waals surface area (Å²) in [5.74, 6) is 1.58. The summed E-state index contributed by atoms with van der Waals surface area (Å²) in [6.45, 7) is 10.4. The van der Waals surface area contributed by atoms with E-state index in [-0.39, 0.29) is 5.56 Å². The fraction of sp³-hybridized carbons (Fsp3) is 0.643. The fourth-order valence-electron chi connectivity index (χ4n) is 2.19. The number of carboxylic acid groups (broad SMARTS) is 1. The number of hydrogen-bond donors (Lipinski definition) is 2. The molecule has 0 amide bonds. The lowest BCUT2D eigenvalue weighted by Crippen LogP contribution is -2.29. The molecule has 0 unspecified atom stereocenters. The van der Waals surface area contributed by atoms with Crippen LogP contribution in [0.2, 0.25) is 0 Å². The van der Waals surface area contributed by atoms with Crippen LogP contribution >= 0.6 is 0 Å². The van der Waals surface area contributed by atoms with E-state index in [1.165, 1.54) is 6.26 Å². The number of nitrogens with one attached hydrogen (secondary N) is 1. The van der Waals surface area contributed by atoms with Crippen molar-refractivity contribution < 1.29 is 14.3 Å². The molecule has 0 aliphatic carbocycles. The second kappa shape index (κ2) is 6.59. The zero-order valence-electron chi connectivity index (χ0n) is 11.6. The highest BCUT2D eigenvalue weighted by molar-refractivity contribution is 5.87. The van der Waals surface area contributed by atoms with E-state index in [1.807, 2.05) is 0 Å². The number of furan rings is 1. The first-order valence-electron chi connectivity index (χ1n) is 6.43. The Hall–Kier alpha value is -1.29. The van der Waals surface area contributed by atoms with E-state index >= 15 is 0 Å². The SMILES string of the molecule is CC(C)C(CNCc1cc(C(=O)O)co1)C(C)C. The summed E-state index contributed by atoms with van der Waals surface area (Å²) in [5.41, 5.74) is 0.205. The van der Waals surface area contributed by atoms with Crippen LogP contribution in [0.5, 0.6) is 0 Å². The third-order valence-electron chi connectivity index (χ3n) is 3.29. The minimum atomic E-state index is -0.952. The Bertz CT molecular complexity index is 374. The molecule has 1 aromatic heterocycles. The largest absolute Gasteiger partial charge is 0.478 e. The van der Waals surface area contributed by atoms with E-state index in [0.717, 1.165) is 6.54 Å². The minimum Gasteiger partial charge on any atom is -0.478 e. The van der Waals surface area contributed by atoms with E-state index in [9.17, 15) is 4.79 Å². The van der Waals surface area contributed by atoms with Gasteiger partial charge in [-0.2, -0.15) is 0 Å². The molecule has 0 aliphatic heterocycles. The molecule has 1 rings (SSSR count). The van der Waals surface area contributed by atoms with Gasteiger partial charge in [-0.1, -0.05) is 27.7 Å². The summed E-state index contributed by atoms with van der Waals surface area (Å²) in [5, 5.41) is 12.1. The lowest BCUT2D eigenvalue weighted by atomic mass is 9.85. The molecule has 4 nitrogen and oxygen atoms in total. The molecular formula is C14H23NO3. The monoisotopic (exact) mass is 253 g/mol. The molecule has 0 aromatic carbocycles. The van der Waals surface area contributed by atoms with Crippen molar-refractivity contribution in [3.63, 3.8) is 0 Å². The molecule has 102 valence electrons. The standard InChI is InChI=1S/C14H23NO3/c1-9(2)13(10(3)4)7-15-6-12-5-11(8-18-12)14(16)17/h5,8-10,13,15H,6-7H2,1-4H3,(H,16,17). The maximum absolute atomic E-state index is 10.7. The van der Waals surface area contributed by atoms with Crippen LogP contribution in [0.3, 0.4) is 0 Å². The van der Waals surface area contributed by atoms with Gasteiger partial charge in [0.05, 0.1) is 12.1 Å². The Morgan fingerprint density at radius 1 is 1.33 bits per heavy atom. The van der Waals surface area contributed by atoms with Crippen LogP contribution in [0.15, 0.2) is 16.7 Å². The molecule has 0 aliphatic rings. The zero-order valence-corrected chi connectivity index (χ0v) is 11.6. The van der Waals surface area contributed by atoms with Gasteiger partial charge >= 0.3 is 5.97 Å². The van der Waals surface area contributed by atoms with Crippen LogP contribution in [0.25, 0.3) is 0 Å². The van der Waals surface area contributed by atoms with Gasteiger partial charge < -0.3 is 14.8 Å². The molecule has 0 saturated heterocycles. The van der Waals surface area contributed by atoms with E-state index in [2.05, 4.69) is 33.0 Å². The summed E-state index contributed by atoms with van der Waals surface area (Å²) >= 11 is 0. The Labute approximate surface area is 108 Å². The third kappa shape index (κ3) is 4.18. The lowest BCUT2D eigenvalue weighted by Gasteiger charge is -2.24. The van der Waals surface area contributed by atoms with Gasteiger partial charge in [0, 0.05) is 0 Å². The maximum Gasteiger partial charge on any atom is 0.338 e. The second-order valence-electron chi connectivity index (χ2n) is 5.39. The van der Waals surface area contributed by atoms with Crippen molar-refractivity contribution in [2.75, 3.05) is 6.54 Å². The van der Waals surface area contributed by atoms with Crippen molar-refractivity contribution in [1.29, 1.82) is 0 Å². The van der Waals surface area contributed by atoms with Gasteiger partial charge in [-0.05, 0) is 30.4 Å². The Balaban J connectivity index is 2.42. The lowest BCUT2D eigenvalue weighted by molar-refractivity contribution is 0.0696. The minimum absolute atomic E-state index is 0.205. The molecule has 4 heteroatoms. The van der Waals surface area contributed by atoms with Gasteiger partial charge in [0.1, 0.15) is 12.0 Å². The molecule has 0 fully saturated rings. The maximum atomic E-state index is 10.7. The molecular weight excluding hydrogens is 230 g/mol. The van der Waals surface area contributed by atoms with Crippen LogP contribution in [0.4, 0.5) is 0 Å². The van der Waals surface area contributed by atoms with Crippen molar-refractivity contribution in [3.05, 3.63) is 23.7 Å². The summed E-state index contributed by atoms with van der Waals surface area (Å²) in [6, 6.07) is 1.56. The van der Waals surface area contributed by atoms with Crippen LogP contribution < -0.4 is 5.32 Å². The van der Waals surface area contributed by atoms with E-state index in [1.54, 1.807) is 6.07 Å². The highest BCUT2D eigenvalue weighted by atomic mass is 16.4. The molecule has 0 radical (unpaired) electrons. The van der Waals surface area contributed by atoms with Crippen molar-refractivity contribution in [1.82, 2.24) is 5.32 Å². The van der Waals surface area contributed by atoms with Gasteiger partial charge in [0.2, 0.25) is 0 Å². The summed E-state index contributed by atoms with van der Waals surface area (Å²) in [4.78, 5) is 10.7. The van der Waals surface area contributed by atoms with Gasteiger partial charge in [-0.15, -0.1) is 0 Å². The van der Waals surface area contributed by atoms with Crippen LogP contribution in [-0.4, -0.2) is 17.6 Å². The predicted molar refractivity (Wildman–Crippen MR) is 70.5 cm³/mol. The summed E-state index contributed by atoms with van der Waals surface area (Å²) < 4.78 is 5.19. The van der Waals surface area contributed by atoms with Gasteiger partial charge in [0.15, 0.2) is 0 Å². The normalized spacial score (nSPS) is 11.7. The average molecular weight is 253 g/mol. The number of rotatable bonds is 7. The molecule has 0 atom stereocenters. The van der Waals surface area contributed by atoms with Crippen molar-refractivity contribution in [2.45, 2.75) is 34.2 Å². The van der Waals surface area contributed by atoms with E-state index in [4.69, 9.17) is 9.52 Å². The predicted octanol–water partition coefficient (Wildman–Crippen LogP) is 3.00. The quantitative estimate of drug-likeness (QED) is 0.784. The molecule has 1 heterocycles. The van der Waals surface area contributed by atoms with Crippen molar-refractivity contribution in [3.8, 4) is 0 Å². The fourth-order valence-corrected chi connectivity index (χ4v) is 2.19. The average Bonchev–Trinajstić information content (AvgIpc) is 2.71. The number of carboxylic acids is 1. The molecule has 0 spiro atoms. The first-order chi connectivity index (χ1) is 8.41. The molecule has 2 N–H and O–H groups in total. The molecule has 1 aromatic rings. The molecule has 18 heavy (non-hydrogen) atoms. The van der Waals surface area contributed by atoms with Gasteiger partial charge in [0.25, 0.3) is 0 Å². The smallest absolute Gasteiger partial charge is 0.338 e. The molecule has 0 bridgehead atoms. The third-order valence-corrected chi connectivity index (χ3v) is 3.29. The van der Waals surface area contributed by atoms with Crippen LogP contribution in [-0.2, 0) is 6.54 Å². The number of aromatic carboxylic acids is 1. The molecule has 0 saturated carbocycles. The second-order valence-corrected chi connectivity index (χ2v) is 5.39. The first-order valence-corrected chi connectivity index (χ1v) is 6.43. The summed E-state index contributed by atoms with van der Waals surface area (Å²) in [7, 11) is 0. The van der Waals surface area contributed by atoms with Crippen LogP contribution in [0.1, 0.15) is 43.8 Å². The van der Waals surface area contributed by atoms with E-state index in [0.29, 0.717) is 30.1 Å². The first kappa shape index (κ1) is 14.8. The van der Waals surface area contributed by atoms with Gasteiger partial charge in [-0.3, -0.25) is 0 Å². The van der Waals surface area contributed by atoms with Crippen molar-refractivity contribution >= 4 is 5.97 Å². The topological polar surface area (TPSA) is 62.5 Å². The highest BCUT2D eigenvalue weighted by Crippen LogP contribution is 2.19. The zero-order chi connectivity index (χ0) is 13.7. The Morgan fingerprint density at radius 2 is 1.94 bits per heavy atom. The number of hydrogen-bond acceptors (Lipinski definition) is 3. The van der Waals surface area contributed by atoms with Gasteiger partial charge in [-0.25, -0.2) is 4.79 Å². The van der Waals surface area contributed by atoms with Crippen LogP contribution in [0, 0.1) is 17.8 Å². The Morgan fingerprint density at radius 3 is 2.39 bits per heavy atom. The Kier molecular flexibility index (Phi) is 5.41. The highest BCUT2D eigenvalue weighted by Gasteiger charge is 2.17. The van der Waals surface area contributed by atoms with Crippen molar-refractivity contribution in [2.24, 2.45) is 17.8 Å². The summed E-state index contributed by atoms with van der Waals surface area (Å²) in [6.07, 6.45) is 1.28. The van der Waals surface area contributed by atoms with E-state index < -0.39 is 5.97 Å².